The van der Waals surface area contributed by atoms with Crippen LogP contribution in [0.25, 0.3) is 11.2 Å². The number of anilines is 1. The van der Waals surface area contributed by atoms with Crippen molar-refractivity contribution in [3.8, 4) is 0 Å². The van der Waals surface area contributed by atoms with E-state index in [1.807, 2.05) is 0 Å². The number of nitrogens with zero attached hydrogens (tertiary/aromatic N) is 5. The lowest BCUT2D eigenvalue weighted by Crippen LogP contribution is -2.50. The van der Waals surface area contributed by atoms with E-state index in [9.17, 15) is 39.3 Å². The molecule has 2 aromatic rings. The third-order valence-electron chi connectivity index (χ3n) is 7.56. The molecule has 11 unspecified atom stereocenters. The summed E-state index contributed by atoms with van der Waals surface area (Å²) in [5.74, 6) is -0.0511. The van der Waals surface area contributed by atoms with Crippen molar-refractivity contribution in [3.05, 3.63) is 12.7 Å². The number of imidazole rings is 1. The zero-order valence-electron chi connectivity index (χ0n) is 22.8. The summed E-state index contributed by atoms with van der Waals surface area (Å²) in [6.45, 7) is -0.774. The number of phosphoric ester groups is 2. The van der Waals surface area contributed by atoms with E-state index < -0.39 is 77.9 Å². The lowest BCUT2D eigenvalue weighted by atomic mass is 9.97. The molecule has 3 saturated heterocycles. The molecule has 0 aliphatic carbocycles. The van der Waals surface area contributed by atoms with E-state index in [4.69, 9.17) is 42.2 Å². The van der Waals surface area contributed by atoms with Gasteiger partial charge in [-0.15, -0.1) is 0 Å². The quantitative estimate of drug-likeness (QED) is 0.0913. The molecule has 3 fully saturated rings. The van der Waals surface area contributed by atoms with Gasteiger partial charge in [0.25, 0.3) is 0 Å². The lowest BCUT2D eigenvalue weighted by Gasteiger charge is -2.36. The summed E-state index contributed by atoms with van der Waals surface area (Å²) in [4.78, 5) is 34.0. The number of phosphoric acid groups is 2. The van der Waals surface area contributed by atoms with E-state index in [-0.39, 0.29) is 22.9 Å². The van der Waals surface area contributed by atoms with Gasteiger partial charge in [0.2, 0.25) is 0 Å². The van der Waals surface area contributed by atoms with Crippen molar-refractivity contribution in [2.75, 3.05) is 32.0 Å². The fourth-order valence-corrected chi connectivity index (χ4v) is 7.59. The normalized spacial score (nSPS) is 35.9. The summed E-state index contributed by atoms with van der Waals surface area (Å²) in [6.07, 6.45) is -7.21. The monoisotopic (exact) mass is 685 g/mol. The summed E-state index contributed by atoms with van der Waals surface area (Å²) in [5.41, 5.74) is 11.9. The van der Waals surface area contributed by atoms with Crippen LogP contribution in [0.3, 0.4) is 0 Å². The van der Waals surface area contributed by atoms with E-state index in [1.165, 1.54) is 10.9 Å². The Bertz CT molecular complexity index is 1460. The largest absolute Gasteiger partial charge is 0.481 e. The van der Waals surface area contributed by atoms with Crippen LogP contribution in [0.2, 0.25) is 0 Å². The number of rotatable bonds is 11. The summed E-state index contributed by atoms with van der Waals surface area (Å²) in [6, 6.07) is 0. The number of nitrogen functional groups attached to an aromatic ring is 1. The molecule has 11 atom stereocenters. The van der Waals surface area contributed by atoms with Crippen LogP contribution in [0.4, 0.5) is 5.82 Å². The van der Waals surface area contributed by atoms with Gasteiger partial charge in [0, 0.05) is 19.0 Å². The van der Waals surface area contributed by atoms with Crippen molar-refractivity contribution in [1.29, 1.82) is 0 Å². The number of piperidine rings is 1. The Hall–Kier alpha value is -1.78. The van der Waals surface area contributed by atoms with Crippen LogP contribution in [-0.4, -0.2) is 129 Å². The van der Waals surface area contributed by atoms with Gasteiger partial charge in [0.1, 0.15) is 54.7 Å². The Labute approximate surface area is 254 Å². The van der Waals surface area contributed by atoms with Gasteiger partial charge in [-0.2, -0.15) is 4.31 Å². The maximum atomic E-state index is 12.5. The maximum absolute atomic E-state index is 12.5. The molecular weight excluding hydrogens is 652 g/mol. The molecule has 0 radical (unpaired) electrons. The molecule has 5 heterocycles. The van der Waals surface area contributed by atoms with Gasteiger partial charge in [0.15, 0.2) is 17.7 Å². The second kappa shape index (κ2) is 13.1. The Morgan fingerprint density at radius 3 is 2.18 bits per heavy atom. The first-order valence-corrected chi connectivity index (χ1v) is 16.7. The fourth-order valence-electron chi connectivity index (χ4n) is 5.30. The third kappa shape index (κ3) is 7.12. The first-order chi connectivity index (χ1) is 20.7. The van der Waals surface area contributed by atoms with Crippen molar-refractivity contribution in [1.82, 2.24) is 24.4 Å². The number of ether oxygens (including phenoxy) is 2. The minimum absolute atomic E-state index is 0.0634. The van der Waals surface area contributed by atoms with Crippen LogP contribution in [0, 0.1) is 5.92 Å². The highest BCUT2D eigenvalue weighted by Crippen LogP contribution is 2.60. The highest BCUT2D eigenvalue weighted by Gasteiger charge is 2.49. The molecule has 44 heavy (non-hydrogen) atoms. The SMILES string of the molecule is NC(=S)C1CCCN(C2OC(COP(=O)(O)OP(=O)(O)OCC3OC(n4cnc5c(N)ncnc54)C(O)C3O)C(O)C2O)C1. The number of thiocarbonyl (C=S) groups is 1. The third-order valence-corrected chi connectivity index (χ3v) is 10.5. The number of hydrogen-bond acceptors (Lipinski definition) is 17. The highest BCUT2D eigenvalue weighted by atomic mass is 32.1. The second-order valence-electron chi connectivity index (χ2n) is 10.5. The average Bonchev–Trinajstić information content (AvgIpc) is 3.61. The molecule has 0 aromatic carbocycles. The second-order valence-corrected chi connectivity index (χ2v) is 14.0. The molecule has 0 bridgehead atoms. The molecule has 20 nitrogen and oxygen atoms in total. The van der Waals surface area contributed by atoms with Gasteiger partial charge in [0.05, 0.1) is 24.5 Å². The van der Waals surface area contributed by atoms with Gasteiger partial charge in [-0.05, 0) is 12.8 Å². The standard InChI is InChI=1S/C21H33N7O13P2S/c22-17-12-19(25-7-24-17)28(8-26-12)21-16(32)14(30)11(40-21)6-38-43(35,36)41-42(33,34)37-5-10-13(29)15(31)20(39-10)27-3-1-2-9(4-27)18(23)44/h7-11,13-16,20-21,29-32H,1-6H2,(H2,23,44)(H,33,34)(H,35,36)(H2,22,24,25). The maximum Gasteiger partial charge on any atom is 0.481 e. The highest BCUT2D eigenvalue weighted by molar-refractivity contribution is 7.80. The molecule has 3 aliphatic rings. The number of aliphatic hydroxyl groups excluding tert-OH is 4. The summed E-state index contributed by atoms with van der Waals surface area (Å²) < 4.78 is 51.2. The van der Waals surface area contributed by atoms with Crippen LogP contribution in [0.5, 0.6) is 0 Å². The molecule has 246 valence electrons. The van der Waals surface area contributed by atoms with Gasteiger partial charge in [-0.1, -0.05) is 12.2 Å². The molecule has 0 spiro atoms. The van der Waals surface area contributed by atoms with E-state index in [0.717, 1.165) is 12.7 Å². The Morgan fingerprint density at radius 2 is 1.57 bits per heavy atom. The minimum Gasteiger partial charge on any atom is -0.393 e. The molecule has 2 aromatic heterocycles. The van der Waals surface area contributed by atoms with E-state index >= 15 is 0 Å². The van der Waals surface area contributed by atoms with E-state index in [2.05, 4.69) is 19.3 Å². The van der Waals surface area contributed by atoms with Gasteiger partial charge in [-0.3, -0.25) is 18.5 Å². The molecule has 3 aliphatic heterocycles. The topological polar surface area (TPSA) is 301 Å². The molecule has 10 N–H and O–H groups in total. The van der Waals surface area contributed by atoms with Crippen molar-refractivity contribution in [3.63, 3.8) is 0 Å². The van der Waals surface area contributed by atoms with E-state index in [1.54, 1.807) is 4.90 Å². The first kappa shape index (κ1) is 33.6. The molecular formula is C21H33N7O13P2S. The lowest BCUT2D eigenvalue weighted by molar-refractivity contribution is -0.105. The smallest absolute Gasteiger partial charge is 0.393 e. The van der Waals surface area contributed by atoms with Gasteiger partial charge >= 0.3 is 15.6 Å². The number of aliphatic hydroxyl groups is 4. The molecule has 5 rings (SSSR count). The van der Waals surface area contributed by atoms with Crippen LogP contribution in [0.1, 0.15) is 19.1 Å². The van der Waals surface area contributed by atoms with Crippen molar-refractivity contribution >= 4 is 49.8 Å². The van der Waals surface area contributed by atoms with Crippen LogP contribution in [0.15, 0.2) is 12.7 Å². The van der Waals surface area contributed by atoms with Crippen molar-refractivity contribution in [2.45, 2.75) is 61.9 Å². The zero-order chi connectivity index (χ0) is 32.0. The molecule has 23 heteroatoms. The molecule has 0 amide bonds. The van der Waals surface area contributed by atoms with Crippen molar-refractivity contribution in [2.24, 2.45) is 11.7 Å². The summed E-state index contributed by atoms with van der Waals surface area (Å²) in [5, 5.41) is 41.9. The average molecular weight is 686 g/mol. The van der Waals surface area contributed by atoms with Gasteiger partial charge < -0.3 is 51.2 Å². The van der Waals surface area contributed by atoms with E-state index in [0.29, 0.717) is 24.5 Å². The number of fused-ring (bicyclic) bond motifs is 1. The van der Waals surface area contributed by atoms with Crippen LogP contribution >= 0.6 is 27.9 Å². The van der Waals surface area contributed by atoms with Gasteiger partial charge in [-0.25, -0.2) is 24.1 Å². The number of nitrogens with two attached hydrogens (primary N) is 2. The Morgan fingerprint density at radius 1 is 0.977 bits per heavy atom. The summed E-state index contributed by atoms with van der Waals surface area (Å²) >= 11 is 5.06. The number of likely N-dealkylation sites (tertiary alicyclic amines) is 1. The van der Waals surface area contributed by atoms with Crippen molar-refractivity contribution < 1.29 is 62.2 Å². The first-order valence-electron chi connectivity index (χ1n) is 13.3. The predicted octanol–water partition coefficient (Wildman–Crippen LogP) is -2.28. The Kier molecular flexibility index (Phi) is 10.0. The zero-order valence-corrected chi connectivity index (χ0v) is 25.4. The number of aromatic nitrogens is 4. The minimum atomic E-state index is -5.33. The Balaban J connectivity index is 1.13. The van der Waals surface area contributed by atoms with Crippen LogP contribution < -0.4 is 11.5 Å². The summed E-state index contributed by atoms with van der Waals surface area (Å²) in [7, 11) is -10.6. The number of hydrogen-bond donors (Lipinski definition) is 8. The van der Waals surface area contributed by atoms with Crippen LogP contribution in [-0.2, 0) is 32.0 Å². The predicted molar refractivity (Wildman–Crippen MR) is 150 cm³/mol. The molecule has 0 saturated carbocycles. The fraction of sp³-hybridized carbons (Fsp3) is 0.714.